The minimum atomic E-state index is -0.457. The zero-order valence-electron chi connectivity index (χ0n) is 16.2. The maximum absolute atomic E-state index is 14.2. The van der Waals surface area contributed by atoms with Crippen LogP contribution < -0.4 is 4.90 Å². The number of halogens is 3. The third-order valence-electron chi connectivity index (χ3n) is 5.55. The Morgan fingerprint density at radius 2 is 1.97 bits per heavy atom. The lowest BCUT2D eigenvalue weighted by atomic mass is 10.1. The fraction of sp³-hybridized carbons (Fsp3) is 0.364. The van der Waals surface area contributed by atoms with Gasteiger partial charge in [0.2, 0.25) is 11.8 Å². The van der Waals surface area contributed by atoms with Crippen molar-refractivity contribution in [2.45, 2.75) is 18.1 Å². The summed E-state index contributed by atoms with van der Waals surface area (Å²) in [6, 6.07) is 11.0. The van der Waals surface area contributed by atoms with E-state index in [1.54, 1.807) is 21.6 Å². The molecule has 2 heterocycles. The first kappa shape index (κ1) is 21.3. The first-order chi connectivity index (χ1) is 14.4. The number of anilines is 1. The quantitative estimate of drug-likeness (QED) is 0.615. The molecule has 2 fully saturated rings. The lowest BCUT2D eigenvalue weighted by molar-refractivity contribution is -0.135. The summed E-state index contributed by atoms with van der Waals surface area (Å²) in [4.78, 5) is 29.0. The highest BCUT2D eigenvalue weighted by Gasteiger charge is 2.38. The van der Waals surface area contributed by atoms with Crippen LogP contribution >= 0.6 is 27.7 Å². The van der Waals surface area contributed by atoms with Crippen LogP contribution in [0.4, 0.5) is 14.5 Å². The first-order valence-electron chi connectivity index (χ1n) is 9.83. The summed E-state index contributed by atoms with van der Waals surface area (Å²) in [5.74, 6) is -0.718. The molecule has 0 bridgehead atoms. The van der Waals surface area contributed by atoms with E-state index in [-0.39, 0.29) is 29.4 Å². The summed E-state index contributed by atoms with van der Waals surface area (Å²) in [5, 5.41) is -0.193. The molecule has 2 atom stereocenters. The second-order valence-corrected chi connectivity index (χ2v) is 9.75. The maximum atomic E-state index is 14.2. The molecule has 2 aliphatic heterocycles. The fourth-order valence-corrected chi connectivity index (χ4v) is 5.65. The van der Waals surface area contributed by atoms with Gasteiger partial charge in [-0.3, -0.25) is 9.59 Å². The van der Waals surface area contributed by atoms with E-state index in [1.165, 1.54) is 6.07 Å². The fourth-order valence-electron chi connectivity index (χ4n) is 4.03. The van der Waals surface area contributed by atoms with E-state index in [1.807, 2.05) is 24.3 Å². The normalized spacial score (nSPS) is 22.3. The van der Waals surface area contributed by atoms with Gasteiger partial charge < -0.3 is 9.80 Å². The highest BCUT2D eigenvalue weighted by molar-refractivity contribution is 9.10. The average Bonchev–Trinajstić information content (AvgIpc) is 2.95. The number of amides is 2. The van der Waals surface area contributed by atoms with E-state index < -0.39 is 11.6 Å². The molecular formula is C22H21BrF2N2O2S. The number of hydrogen-bond donors (Lipinski definition) is 0. The Labute approximate surface area is 186 Å². The van der Waals surface area contributed by atoms with Crippen molar-refractivity contribution in [1.29, 1.82) is 0 Å². The van der Waals surface area contributed by atoms with Crippen LogP contribution in [0.2, 0.25) is 0 Å². The van der Waals surface area contributed by atoms with Crippen LogP contribution in [0.5, 0.6) is 0 Å². The minimum absolute atomic E-state index is 0.0400. The monoisotopic (exact) mass is 494 g/mol. The number of rotatable bonds is 3. The van der Waals surface area contributed by atoms with E-state index in [2.05, 4.69) is 15.9 Å². The van der Waals surface area contributed by atoms with Crippen molar-refractivity contribution < 1.29 is 18.4 Å². The van der Waals surface area contributed by atoms with Crippen molar-refractivity contribution in [2.24, 2.45) is 5.92 Å². The zero-order chi connectivity index (χ0) is 21.3. The highest BCUT2D eigenvalue weighted by atomic mass is 79.9. The third-order valence-corrected chi connectivity index (χ3v) is 7.36. The standard InChI is InChI=1S/C22H21BrF2N2O2S/c23-15-2-1-3-17(11-15)27-13-14(10-21(27)28)22(29)26-7-6-20(30-9-8-26)18-12-16(24)4-5-19(18)25/h1-5,11-12,14,20H,6-10,13H2. The van der Waals surface area contributed by atoms with Gasteiger partial charge in [0.15, 0.2) is 0 Å². The molecule has 158 valence electrons. The van der Waals surface area contributed by atoms with Crippen LogP contribution in [0, 0.1) is 17.6 Å². The van der Waals surface area contributed by atoms with Gasteiger partial charge in [0, 0.05) is 52.8 Å². The predicted molar refractivity (Wildman–Crippen MR) is 117 cm³/mol. The molecule has 0 radical (unpaired) electrons. The first-order valence-corrected chi connectivity index (χ1v) is 11.7. The molecule has 30 heavy (non-hydrogen) atoms. The summed E-state index contributed by atoms with van der Waals surface area (Å²) in [6.45, 7) is 1.37. The molecular weight excluding hydrogens is 474 g/mol. The molecule has 2 saturated heterocycles. The van der Waals surface area contributed by atoms with Gasteiger partial charge in [-0.2, -0.15) is 11.8 Å². The number of thioether (sulfide) groups is 1. The largest absolute Gasteiger partial charge is 0.342 e. The van der Waals surface area contributed by atoms with Crippen molar-refractivity contribution in [3.8, 4) is 0 Å². The van der Waals surface area contributed by atoms with Crippen LogP contribution in [-0.4, -0.2) is 42.1 Å². The van der Waals surface area contributed by atoms with Gasteiger partial charge in [-0.15, -0.1) is 0 Å². The second kappa shape index (κ2) is 9.06. The Morgan fingerprint density at radius 1 is 1.13 bits per heavy atom. The van der Waals surface area contributed by atoms with Crippen LogP contribution in [0.25, 0.3) is 0 Å². The minimum Gasteiger partial charge on any atom is -0.342 e. The smallest absolute Gasteiger partial charge is 0.228 e. The Bertz CT molecular complexity index is 974. The Kier molecular flexibility index (Phi) is 6.43. The van der Waals surface area contributed by atoms with Gasteiger partial charge in [0.1, 0.15) is 11.6 Å². The molecule has 8 heteroatoms. The summed E-state index contributed by atoms with van der Waals surface area (Å²) in [7, 11) is 0. The maximum Gasteiger partial charge on any atom is 0.228 e. The Morgan fingerprint density at radius 3 is 2.77 bits per heavy atom. The van der Waals surface area contributed by atoms with Gasteiger partial charge in [0.05, 0.1) is 5.92 Å². The van der Waals surface area contributed by atoms with E-state index in [0.717, 1.165) is 22.3 Å². The summed E-state index contributed by atoms with van der Waals surface area (Å²) in [5.41, 5.74) is 1.13. The average molecular weight is 495 g/mol. The SMILES string of the molecule is O=C(C1CC(=O)N(c2cccc(Br)c2)C1)N1CCSC(c2cc(F)ccc2F)CC1. The van der Waals surface area contributed by atoms with Crippen molar-refractivity contribution >= 4 is 45.2 Å². The van der Waals surface area contributed by atoms with E-state index in [4.69, 9.17) is 0 Å². The van der Waals surface area contributed by atoms with Crippen molar-refractivity contribution in [3.63, 3.8) is 0 Å². The van der Waals surface area contributed by atoms with Crippen LogP contribution in [-0.2, 0) is 9.59 Å². The van der Waals surface area contributed by atoms with Gasteiger partial charge in [-0.1, -0.05) is 22.0 Å². The molecule has 0 aromatic heterocycles. The number of nitrogens with zero attached hydrogens (tertiary/aromatic N) is 2. The van der Waals surface area contributed by atoms with E-state index >= 15 is 0 Å². The molecule has 4 nitrogen and oxygen atoms in total. The summed E-state index contributed by atoms with van der Waals surface area (Å²) >= 11 is 4.95. The van der Waals surface area contributed by atoms with Gasteiger partial charge in [-0.05, 0) is 42.8 Å². The van der Waals surface area contributed by atoms with Gasteiger partial charge >= 0.3 is 0 Å². The third kappa shape index (κ3) is 4.54. The number of benzene rings is 2. The molecule has 0 spiro atoms. The second-order valence-electron chi connectivity index (χ2n) is 7.52. The molecule has 2 aliphatic rings. The molecule has 2 aromatic rings. The number of carbonyl (C=O) groups is 2. The Balaban J connectivity index is 1.42. The molecule has 2 aromatic carbocycles. The van der Waals surface area contributed by atoms with Gasteiger partial charge in [0.25, 0.3) is 0 Å². The van der Waals surface area contributed by atoms with Crippen molar-refractivity contribution in [1.82, 2.24) is 4.90 Å². The van der Waals surface area contributed by atoms with Crippen LogP contribution in [0.3, 0.4) is 0 Å². The van der Waals surface area contributed by atoms with E-state index in [0.29, 0.717) is 37.4 Å². The van der Waals surface area contributed by atoms with Crippen molar-refractivity contribution in [3.05, 3.63) is 64.1 Å². The summed E-state index contributed by atoms with van der Waals surface area (Å²) < 4.78 is 28.6. The lowest BCUT2D eigenvalue weighted by Gasteiger charge is -2.24. The molecule has 0 saturated carbocycles. The van der Waals surface area contributed by atoms with E-state index in [9.17, 15) is 18.4 Å². The molecule has 0 aliphatic carbocycles. The van der Waals surface area contributed by atoms with Crippen molar-refractivity contribution in [2.75, 3.05) is 30.3 Å². The Hall–Kier alpha value is -1.93. The number of hydrogen-bond acceptors (Lipinski definition) is 3. The van der Waals surface area contributed by atoms with Crippen LogP contribution in [0.15, 0.2) is 46.9 Å². The molecule has 0 N–H and O–H groups in total. The number of carbonyl (C=O) groups excluding carboxylic acids is 2. The lowest BCUT2D eigenvalue weighted by Crippen LogP contribution is -2.38. The molecule has 4 rings (SSSR count). The molecule has 2 amide bonds. The van der Waals surface area contributed by atoms with Gasteiger partial charge in [-0.25, -0.2) is 8.78 Å². The predicted octanol–water partition coefficient (Wildman–Crippen LogP) is 4.79. The van der Waals surface area contributed by atoms with Crippen LogP contribution in [0.1, 0.15) is 23.7 Å². The zero-order valence-corrected chi connectivity index (χ0v) is 18.6. The highest BCUT2D eigenvalue weighted by Crippen LogP contribution is 2.37. The molecule has 2 unspecified atom stereocenters. The summed E-state index contributed by atoms with van der Waals surface area (Å²) in [6.07, 6.45) is 0.740. The topological polar surface area (TPSA) is 40.6 Å².